The average Bonchev–Trinajstić information content (AvgIpc) is 3.78. The van der Waals surface area contributed by atoms with Crippen molar-refractivity contribution in [3.63, 3.8) is 0 Å². The van der Waals surface area contributed by atoms with Gasteiger partial charge in [-0.2, -0.15) is 0 Å². The number of fused-ring (bicyclic) bond motifs is 4. The average molecular weight is 576 g/mol. The van der Waals surface area contributed by atoms with Crippen molar-refractivity contribution in [1.82, 2.24) is 23.9 Å². The Kier molecular flexibility index (Phi) is 6.55. The Labute approximate surface area is 253 Å². The van der Waals surface area contributed by atoms with Gasteiger partial charge in [-0.05, 0) is 93.7 Å². The number of aryl methyl sites for hydroxylation is 1. The molecule has 0 N–H and O–H groups in total. The van der Waals surface area contributed by atoms with Crippen LogP contribution in [-0.4, -0.2) is 67.3 Å². The summed E-state index contributed by atoms with van der Waals surface area (Å²) in [4.78, 5) is 35.8. The van der Waals surface area contributed by atoms with Gasteiger partial charge in [0.15, 0.2) is 5.78 Å². The van der Waals surface area contributed by atoms with E-state index in [0.29, 0.717) is 30.2 Å². The molecule has 7 nitrogen and oxygen atoms in total. The highest BCUT2D eigenvalue weighted by atomic mass is 16.2. The minimum atomic E-state index is -0.380. The van der Waals surface area contributed by atoms with Gasteiger partial charge < -0.3 is 14.0 Å². The molecule has 2 bridgehead atoms. The molecule has 4 aliphatic heterocycles. The number of rotatable bonds is 6. The van der Waals surface area contributed by atoms with Crippen molar-refractivity contribution >= 4 is 22.7 Å². The minimum absolute atomic E-state index is 0.0651. The maximum atomic E-state index is 13.6. The Bertz CT molecular complexity index is 1650. The van der Waals surface area contributed by atoms with E-state index >= 15 is 0 Å². The van der Waals surface area contributed by atoms with Crippen molar-refractivity contribution in [2.45, 2.75) is 87.9 Å². The van der Waals surface area contributed by atoms with Gasteiger partial charge in [0, 0.05) is 43.8 Å². The first-order chi connectivity index (χ1) is 21.0. The van der Waals surface area contributed by atoms with Gasteiger partial charge in [-0.1, -0.05) is 42.5 Å². The molecule has 0 radical (unpaired) electrons. The highest BCUT2D eigenvalue weighted by molar-refractivity contribution is 6.01. The van der Waals surface area contributed by atoms with E-state index in [2.05, 4.69) is 71.0 Å². The zero-order valence-electron chi connectivity index (χ0n) is 25.1. The number of ketones is 1. The number of para-hydroxylation sites is 2. The minimum Gasteiger partial charge on any atom is -0.341 e. The Hall–Kier alpha value is -3.71. The normalized spacial score (nSPS) is 26.7. The third-order valence-corrected chi connectivity index (χ3v) is 11.3. The number of aromatic nitrogens is 3. The lowest BCUT2D eigenvalue weighted by Crippen LogP contribution is -2.50. The number of carbonyl (C=O) groups excluding carboxylic acids is 2. The Balaban J connectivity index is 0.974. The smallest absolute Gasteiger partial charge is 0.246 e. The summed E-state index contributed by atoms with van der Waals surface area (Å²) >= 11 is 0. The first kappa shape index (κ1) is 26.9. The molecule has 6 heterocycles. The van der Waals surface area contributed by atoms with E-state index in [1.54, 1.807) is 0 Å². The fourth-order valence-corrected chi connectivity index (χ4v) is 9.12. The van der Waals surface area contributed by atoms with E-state index in [-0.39, 0.29) is 23.1 Å². The summed E-state index contributed by atoms with van der Waals surface area (Å²) in [6, 6.07) is 24.7. The Morgan fingerprint density at radius 2 is 1.63 bits per heavy atom. The van der Waals surface area contributed by atoms with Crippen LogP contribution >= 0.6 is 0 Å². The molecule has 2 aromatic carbocycles. The van der Waals surface area contributed by atoms with Gasteiger partial charge in [0.25, 0.3) is 0 Å². The number of carbonyl (C=O) groups is 2. The predicted molar refractivity (Wildman–Crippen MR) is 167 cm³/mol. The van der Waals surface area contributed by atoms with Gasteiger partial charge in [0.05, 0.1) is 16.7 Å². The van der Waals surface area contributed by atoms with Crippen molar-refractivity contribution in [3.8, 4) is 0 Å². The molecule has 4 aliphatic rings. The molecule has 43 heavy (non-hydrogen) atoms. The fraction of sp³-hybridized carbons (Fsp3) is 0.472. The zero-order valence-corrected chi connectivity index (χ0v) is 25.1. The molecule has 0 aliphatic carbocycles. The van der Waals surface area contributed by atoms with Crippen molar-refractivity contribution in [1.29, 1.82) is 0 Å². The van der Waals surface area contributed by atoms with E-state index in [1.165, 1.54) is 36.8 Å². The van der Waals surface area contributed by atoms with E-state index < -0.39 is 0 Å². The SMILES string of the molecule is Cc1nc2ccccc2n1C1CC2CCC(C1)N2CCC1(c2ccccc2)CCN(C(=O)C2CC(=O)c3cccn32)CC1. The number of Topliss-reactive ketones (excluding diaryl/α,β-unsaturated/α-hetero) is 1. The van der Waals surface area contributed by atoms with E-state index in [1.807, 2.05) is 27.8 Å². The van der Waals surface area contributed by atoms with E-state index in [9.17, 15) is 9.59 Å². The summed E-state index contributed by atoms with van der Waals surface area (Å²) in [6.07, 6.45) is 10.2. The lowest BCUT2D eigenvalue weighted by molar-refractivity contribution is -0.136. The second kappa shape index (κ2) is 10.5. The summed E-state index contributed by atoms with van der Waals surface area (Å²) < 4.78 is 4.40. The molecule has 1 amide bonds. The third-order valence-electron chi connectivity index (χ3n) is 11.3. The van der Waals surface area contributed by atoms with Crippen molar-refractivity contribution in [2.24, 2.45) is 0 Å². The van der Waals surface area contributed by atoms with E-state index in [4.69, 9.17) is 4.98 Å². The topological polar surface area (TPSA) is 63.4 Å². The van der Waals surface area contributed by atoms with Crippen LogP contribution in [0.2, 0.25) is 0 Å². The van der Waals surface area contributed by atoms with Gasteiger partial charge >= 0.3 is 0 Å². The highest BCUT2D eigenvalue weighted by Crippen LogP contribution is 2.45. The van der Waals surface area contributed by atoms with Crippen LogP contribution in [0.15, 0.2) is 72.9 Å². The lowest BCUT2D eigenvalue weighted by Gasteiger charge is -2.46. The summed E-state index contributed by atoms with van der Waals surface area (Å²) in [5, 5.41) is 0. The summed E-state index contributed by atoms with van der Waals surface area (Å²) in [5.74, 6) is 1.32. The Morgan fingerprint density at radius 3 is 2.40 bits per heavy atom. The van der Waals surface area contributed by atoms with Crippen LogP contribution < -0.4 is 0 Å². The number of hydrogen-bond acceptors (Lipinski definition) is 4. The number of hydrogen-bond donors (Lipinski definition) is 0. The Morgan fingerprint density at radius 1 is 0.907 bits per heavy atom. The number of amides is 1. The molecule has 0 saturated carbocycles. The summed E-state index contributed by atoms with van der Waals surface area (Å²) in [6.45, 7) is 4.77. The number of piperidine rings is 2. The van der Waals surface area contributed by atoms with Crippen LogP contribution in [0.25, 0.3) is 11.0 Å². The first-order valence-corrected chi connectivity index (χ1v) is 16.2. The largest absolute Gasteiger partial charge is 0.341 e. The molecule has 3 atom stereocenters. The molecule has 222 valence electrons. The first-order valence-electron chi connectivity index (χ1n) is 16.2. The van der Waals surface area contributed by atoms with Crippen molar-refractivity contribution < 1.29 is 9.59 Å². The lowest BCUT2D eigenvalue weighted by atomic mass is 9.70. The molecule has 4 aromatic rings. The van der Waals surface area contributed by atoms with Crippen LogP contribution in [0.1, 0.15) is 85.3 Å². The summed E-state index contributed by atoms with van der Waals surface area (Å²) in [5.41, 5.74) is 4.53. The molecule has 3 saturated heterocycles. The second-order valence-electron chi connectivity index (χ2n) is 13.4. The highest BCUT2D eigenvalue weighted by Gasteiger charge is 2.45. The second-order valence-corrected chi connectivity index (χ2v) is 13.4. The third kappa shape index (κ3) is 4.46. The molecule has 7 heteroatoms. The summed E-state index contributed by atoms with van der Waals surface area (Å²) in [7, 11) is 0. The van der Waals surface area contributed by atoms with Gasteiger partial charge in [0.2, 0.25) is 5.91 Å². The van der Waals surface area contributed by atoms with Gasteiger partial charge in [0.1, 0.15) is 11.9 Å². The molecule has 0 spiro atoms. The van der Waals surface area contributed by atoms with E-state index in [0.717, 1.165) is 50.2 Å². The maximum Gasteiger partial charge on any atom is 0.246 e. The van der Waals surface area contributed by atoms with Crippen molar-refractivity contribution in [3.05, 3.63) is 90.0 Å². The zero-order chi connectivity index (χ0) is 29.1. The number of benzene rings is 2. The van der Waals surface area contributed by atoms with Crippen LogP contribution in [0, 0.1) is 6.92 Å². The molecule has 3 unspecified atom stereocenters. The number of likely N-dealkylation sites (tertiary alicyclic amines) is 1. The fourth-order valence-electron chi connectivity index (χ4n) is 9.12. The van der Waals surface area contributed by atoms with Gasteiger partial charge in [-0.15, -0.1) is 0 Å². The molecule has 8 rings (SSSR count). The molecular weight excluding hydrogens is 534 g/mol. The molecule has 3 fully saturated rings. The number of imidazole rings is 1. The molecule has 2 aromatic heterocycles. The molecular formula is C36H41N5O2. The standard InChI is InChI=1S/C36H41N5O2/c1-25-37-30-10-5-6-11-31(30)41(25)29-22-27-13-14-28(23-29)39(27)21-17-36(26-8-3-2-4-9-26)15-19-38(20-16-36)35(43)33-24-34(42)32-12-7-18-40(32)33/h2-12,18,27-29,33H,13-17,19-24H2,1H3. The van der Waals surface area contributed by atoms with Crippen LogP contribution in [0.3, 0.4) is 0 Å². The van der Waals surface area contributed by atoms with Crippen LogP contribution in [0.5, 0.6) is 0 Å². The van der Waals surface area contributed by atoms with Crippen molar-refractivity contribution in [2.75, 3.05) is 19.6 Å². The predicted octanol–water partition coefficient (Wildman–Crippen LogP) is 6.09. The van der Waals surface area contributed by atoms with Crippen LogP contribution in [0.4, 0.5) is 0 Å². The van der Waals surface area contributed by atoms with Gasteiger partial charge in [-0.25, -0.2) is 4.98 Å². The number of nitrogens with zero attached hydrogens (tertiary/aromatic N) is 5. The van der Waals surface area contributed by atoms with Crippen LogP contribution in [-0.2, 0) is 10.2 Å². The monoisotopic (exact) mass is 575 g/mol. The van der Waals surface area contributed by atoms with Gasteiger partial charge in [-0.3, -0.25) is 14.5 Å². The maximum absolute atomic E-state index is 13.6. The quantitative estimate of drug-likeness (QED) is 0.279.